The molecule has 2 amide bonds. The van der Waals surface area contributed by atoms with Crippen LogP contribution in [0.25, 0.3) is 11.0 Å². The average molecular weight is 382 g/mol. The van der Waals surface area contributed by atoms with E-state index in [4.69, 9.17) is 9.51 Å². The molecule has 3 aromatic rings. The highest BCUT2D eigenvalue weighted by Gasteiger charge is 2.31. The van der Waals surface area contributed by atoms with Gasteiger partial charge in [0.15, 0.2) is 5.82 Å². The minimum Gasteiger partial charge on any atom is -0.342 e. The first-order chi connectivity index (χ1) is 13.5. The van der Waals surface area contributed by atoms with Gasteiger partial charge in [-0.3, -0.25) is 0 Å². The summed E-state index contributed by atoms with van der Waals surface area (Å²) in [6.07, 6.45) is 3.53. The number of hydrogen-bond donors (Lipinski definition) is 2. The normalized spacial score (nSPS) is 17.2. The van der Waals surface area contributed by atoms with E-state index in [1.165, 1.54) is 11.1 Å². The number of carbonyl (C=O) groups is 1. The summed E-state index contributed by atoms with van der Waals surface area (Å²) in [5, 5.41) is 6.88. The van der Waals surface area contributed by atoms with Crippen LogP contribution in [0.1, 0.15) is 54.0 Å². The number of fused-ring (bicyclic) bond motifs is 1. The van der Waals surface area contributed by atoms with Gasteiger partial charge in [-0.15, -0.1) is 0 Å². The molecule has 0 radical (unpaired) electrons. The Kier molecular flexibility index (Phi) is 5.02. The lowest BCUT2D eigenvalue weighted by atomic mass is 10.0. The lowest BCUT2D eigenvalue weighted by Gasteiger charge is -2.33. The fraction of sp³-hybridized carbons (Fsp3) is 0.500. The number of carbonyl (C=O) groups excluding carboxylic acids is 1. The predicted octanol–water partition coefficient (Wildman–Crippen LogP) is 3.35. The van der Waals surface area contributed by atoms with Crippen molar-refractivity contribution in [1.29, 1.82) is 0 Å². The molecule has 8 nitrogen and oxygen atoms in total. The van der Waals surface area contributed by atoms with E-state index in [1.807, 2.05) is 4.90 Å². The molecule has 1 saturated heterocycles. The van der Waals surface area contributed by atoms with E-state index in [9.17, 15) is 4.79 Å². The minimum absolute atomic E-state index is 0.0938. The maximum Gasteiger partial charge on any atom is 0.318 e. The Labute approximate surface area is 163 Å². The second kappa shape index (κ2) is 7.61. The third-order valence-electron chi connectivity index (χ3n) is 5.46. The van der Waals surface area contributed by atoms with Gasteiger partial charge in [0.05, 0.1) is 11.0 Å². The molecule has 3 heterocycles. The molecule has 0 aliphatic carbocycles. The summed E-state index contributed by atoms with van der Waals surface area (Å²) >= 11 is 0. The Morgan fingerprint density at radius 2 is 2.14 bits per heavy atom. The zero-order chi connectivity index (χ0) is 19.7. The Morgan fingerprint density at radius 3 is 2.93 bits per heavy atom. The van der Waals surface area contributed by atoms with Gasteiger partial charge in [0.1, 0.15) is 11.9 Å². The van der Waals surface area contributed by atoms with Crippen molar-refractivity contribution in [3.63, 3.8) is 0 Å². The van der Waals surface area contributed by atoms with E-state index in [-0.39, 0.29) is 12.1 Å². The fourth-order valence-electron chi connectivity index (χ4n) is 3.75. The van der Waals surface area contributed by atoms with Crippen molar-refractivity contribution < 1.29 is 9.32 Å². The number of hydrogen-bond acceptors (Lipinski definition) is 5. The molecule has 1 aliphatic heterocycles. The van der Waals surface area contributed by atoms with Crippen LogP contribution in [0.15, 0.2) is 16.7 Å². The van der Waals surface area contributed by atoms with E-state index in [1.54, 1.807) is 6.92 Å². The van der Waals surface area contributed by atoms with Gasteiger partial charge in [-0.25, -0.2) is 9.78 Å². The molecule has 148 valence electrons. The lowest BCUT2D eigenvalue weighted by Crippen LogP contribution is -2.45. The molecule has 2 N–H and O–H groups in total. The monoisotopic (exact) mass is 382 g/mol. The number of amides is 2. The van der Waals surface area contributed by atoms with Crippen LogP contribution >= 0.6 is 0 Å². The summed E-state index contributed by atoms with van der Waals surface area (Å²) in [6.45, 7) is 7.17. The summed E-state index contributed by atoms with van der Waals surface area (Å²) in [7, 11) is 0. The summed E-state index contributed by atoms with van der Waals surface area (Å²) in [5.41, 5.74) is 4.46. The van der Waals surface area contributed by atoms with Crippen LogP contribution in [0.2, 0.25) is 0 Å². The Hall–Kier alpha value is -2.90. The molecule has 0 bridgehead atoms. The number of benzene rings is 1. The molecule has 0 saturated carbocycles. The van der Waals surface area contributed by atoms with Gasteiger partial charge in [0.25, 0.3) is 0 Å². The minimum atomic E-state index is -0.147. The number of H-pyrrole nitrogens is 1. The van der Waals surface area contributed by atoms with Crippen LogP contribution in [-0.4, -0.2) is 44.1 Å². The molecule has 4 rings (SSSR count). The molecule has 28 heavy (non-hydrogen) atoms. The van der Waals surface area contributed by atoms with Crippen molar-refractivity contribution in [3.8, 4) is 0 Å². The molecule has 1 atom stereocenters. The second-order valence-electron chi connectivity index (χ2n) is 7.45. The van der Waals surface area contributed by atoms with Gasteiger partial charge in [-0.05, 0) is 57.2 Å². The van der Waals surface area contributed by atoms with Crippen LogP contribution < -0.4 is 5.32 Å². The maximum absolute atomic E-state index is 12.7. The largest absolute Gasteiger partial charge is 0.342 e. The molecule has 0 spiro atoms. The first-order valence-corrected chi connectivity index (χ1v) is 9.82. The number of aryl methyl sites for hydroxylation is 3. The zero-order valence-corrected chi connectivity index (χ0v) is 16.6. The van der Waals surface area contributed by atoms with Gasteiger partial charge < -0.3 is 19.7 Å². The van der Waals surface area contributed by atoms with E-state index in [2.05, 4.69) is 46.4 Å². The van der Waals surface area contributed by atoms with E-state index in [0.29, 0.717) is 31.2 Å². The van der Waals surface area contributed by atoms with E-state index < -0.39 is 0 Å². The molecule has 2 aromatic heterocycles. The maximum atomic E-state index is 12.7. The van der Waals surface area contributed by atoms with Crippen molar-refractivity contribution in [2.24, 2.45) is 0 Å². The van der Waals surface area contributed by atoms with Crippen molar-refractivity contribution in [1.82, 2.24) is 30.3 Å². The van der Waals surface area contributed by atoms with Crippen molar-refractivity contribution in [2.75, 3.05) is 13.1 Å². The van der Waals surface area contributed by atoms with Crippen molar-refractivity contribution in [3.05, 3.63) is 40.8 Å². The summed E-state index contributed by atoms with van der Waals surface area (Å²) in [6, 6.07) is 3.91. The van der Waals surface area contributed by atoms with Gasteiger partial charge in [0, 0.05) is 19.5 Å². The standard InChI is InChI=1S/C20H26N6O2/c1-12-7-8-15-18(13(12)2)24-17(23-15)9-10-21-20(27)26-11-5-4-6-16(26)19-22-14(3)25-28-19/h7-8,16H,4-6,9-11H2,1-3H3,(H,21,27)(H,23,24)/t16-/m1/s1. The zero-order valence-electron chi connectivity index (χ0n) is 16.6. The highest BCUT2D eigenvalue weighted by molar-refractivity contribution is 5.80. The van der Waals surface area contributed by atoms with E-state index >= 15 is 0 Å². The summed E-state index contributed by atoms with van der Waals surface area (Å²) < 4.78 is 5.31. The van der Waals surface area contributed by atoms with Crippen molar-refractivity contribution in [2.45, 2.75) is 52.5 Å². The third kappa shape index (κ3) is 3.58. The molecular formula is C20H26N6O2. The Bertz CT molecular complexity index is 992. The number of piperidine rings is 1. The van der Waals surface area contributed by atoms with Crippen LogP contribution in [0.3, 0.4) is 0 Å². The summed E-state index contributed by atoms with van der Waals surface area (Å²) in [4.78, 5) is 26.9. The SMILES string of the molecule is Cc1noc([C@H]2CCCCN2C(=O)NCCc2nc3c(C)c(C)ccc3[nH]2)n1. The smallest absolute Gasteiger partial charge is 0.318 e. The number of nitrogens with zero attached hydrogens (tertiary/aromatic N) is 4. The number of urea groups is 1. The van der Waals surface area contributed by atoms with Crippen LogP contribution in [0.5, 0.6) is 0 Å². The molecule has 8 heteroatoms. The number of nitrogens with one attached hydrogen (secondary N) is 2. The second-order valence-corrected chi connectivity index (χ2v) is 7.45. The molecule has 0 unspecified atom stereocenters. The summed E-state index contributed by atoms with van der Waals surface area (Å²) in [5.74, 6) is 2.00. The molecule has 1 fully saturated rings. The quantitative estimate of drug-likeness (QED) is 0.721. The Morgan fingerprint density at radius 1 is 1.29 bits per heavy atom. The van der Waals surface area contributed by atoms with E-state index in [0.717, 1.165) is 36.1 Å². The van der Waals surface area contributed by atoms with Crippen molar-refractivity contribution >= 4 is 17.1 Å². The van der Waals surface area contributed by atoms with Crippen LogP contribution in [-0.2, 0) is 6.42 Å². The fourth-order valence-corrected chi connectivity index (χ4v) is 3.75. The predicted molar refractivity (Wildman–Crippen MR) is 105 cm³/mol. The van der Waals surface area contributed by atoms with Gasteiger partial charge >= 0.3 is 6.03 Å². The third-order valence-corrected chi connectivity index (χ3v) is 5.46. The number of aromatic amines is 1. The number of aromatic nitrogens is 4. The van der Waals surface area contributed by atoms with Gasteiger partial charge in [-0.1, -0.05) is 11.2 Å². The number of likely N-dealkylation sites (tertiary alicyclic amines) is 1. The number of imidazole rings is 1. The van der Waals surface area contributed by atoms with Gasteiger partial charge in [-0.2, -0.15) is 4.98 Å². The van der Waals surface area contributed by atoms with Crippen LogP contribution in [0, 0.1) is 20.8 Å². The average Bonchev–Trinajstić information content (AvgIpc) is 3.31. The molecule has 1 aliphatic rings. The first kappa shape index (κ1) is 18.5. The Balaban J connectivity index is 1.39. The first-order valence-electron chi connectivity index (χ1n) is 9.82. The topological polar surface area (TPSA) is 99.9 Å². The highest BCUT2D eigenvalue weighted by Crippen LogP contribution is 2.29. The van der Waals surface area contributed by atoms with Gasteiger partial charge in [0.2, 0.25) is 5.89 Å². The molecular weight excluding hydrogens is 356 g/mol. The molecule has 1 aromatic carbocycles. The lowest BCUT2D eigenvalue weighted by molar-refractivity contribution is 0.132. The van der Waals surface area contributed by atoms with Crippen LogP contribution in [0.4, 0.5) is 4.79 Å². The highest BCUT2D eigenvalue weighted by atomic mass is 16.5. The number of rotatable bonds is 4.